The topological polar surface area (TPSA) is 59.5 Å². The maximum Gasteiger partial charge on any atom is 0.159 e. The van der Waals surface area contributed by atoms with Crippen LogP contribution in [0.4, 0.5) is 20.4 Å². The molecule has 7 heteroatoms. The average molecular weight is 315 g/mol. The van der Waals surface area contributed by atoms with Gasteiger partial charge in [-0.05, 0) is 37.1 Å². The van der Waals surface area contributed by atoms with Crippen molar-refractivity contribution in [1.29, 1.82) is 0 Å². The number of nitrogens with zero attached hydrogens (tertiary/aromatic N) is 4. The molecule has 1 atom stereocenters. The van der Waals surface area contributed by atoms with Crippen LogP contribution in [-0.2, 0) is 0 Å². The van der Waals surface area contributed by atoms with E-state index in [0.29, 0.717) is 22.8 Å². The summed E-state index contributed by atoms with van der Waals surface area (Å²) in [5.74, 6) is 0.283. The Morgan fingerprint density at radius 3 is 2.91 bits per heavy atom. The first kappa shape index (κ1) is 13.9. The molecule has 0 saturated carbocycles. The molecule has 1 saturated heterocycles. The van der Waals surface area contributed by atoms with E-state index in [4.69, 9.17) is 5.73 Å². The minimum absolute atomic E-state index is 0.221. The average Bonchev–Trinajstić information content (AvgIpc) is 3.14. The molecule has 5 nitrogen and oxygen atoms in total. The van der Waals surface area contributed by atoms with Crippen molar-refractivity contribution in [2.75, 3.05) is 17.2 Å². The zero-order valence-corrected chi connectivity index (χ0v) is 12.3. The summed E-state index contributed by atoms with van der Waals surface area (Å²) < 4.78 is 29.2. The molecular formula is C16H15F2N5. The van der Waals surface area contributed by atoms with Gasteiger partial charge in [0.05, 0.1) is 6.04 Å². The van der Waals surface area contributed by atoms with Crippen molar-refractivity contribution in [3.8, 4) is 0 Å². The van der Waals surface area contributed by atoms with Crippen LogP contribution in [0.25, 0.3) is 5.65 Å². The lowest BCUT2D eigenvalue weighted by atomic mass is 10.0. The highest BCUT2D eigenvalue weighted by atomic mass is 19.1. The Hall–Kier alpha value is -2.70. The van der Waals surface area contributed by atoms with E-state index in [-0.39, 0.29) is 6.04 Å². The molecule has 3 aromatic rings. The molecule has 1 aliphatic heterocycles. The molecule has 1 aromatic carbocycles. The van der Waals surface area contributed by atoms with E-state index >= 15 is 0 Å². The normalized spacial score (nSPS) is 18.0. The Morgan fingerprint density at radius 1 is 1.17 bits per heavy atom. The third-order valence-corrected chi connectivity index (χ3v) is 4.19. The highest BCUT2D eigenvalue weighted by Crippen LogP contribution is 2.36. The molecule has 2 aromatic heterocycles. The number of halogens is 2. The van der Waals surface area contributed by atoms with Crippen LogP contribution >= 0.6 is 0 Å². The summed E-state index contributed by atoms with van der Waals surface area (Å²) in [7, 11) is 0. The van der Waals surface area contributed by atoms with E-state index < -0.39 is 11.6 Å². The predicted octanol–water partition coefficient (Wildman–Crippen LogP) is 2.93. The number of nitrogens with two attached hydrogens (primary N) is 1. The number of anilines is 2. The van der Waals surface area contributed by atoms with Crippen molar-refractivity contribution in [3.05, 3.63) is 53.7 Å². The Kier molecular flexibility index (Phi) is 3.14. The van der Waals surface area contributed by atoms with Crippen molar-refractivity contribution in [3.63, 3.8) is 0 Å². The van der Waals surface area contributed by atoms with Crippen LogP contribution in [-0.4, -0.2) is 21.1 Å². The Balaban J connectivity index is 1.75. The van der Waals surface area contributed by atoms with Gasteiger partial charge < -0.3 is 10.6 Å². The van der Waals surface area contributed by atoms with Crippen LogP contribution in [0.5, 0.6) is 0 Å². The summed E-state index contributed by atoms with van der Waals surface area (Å²) in [6, 6.07) is 6.85. The molecule has 0 spiro atoms. The Morgan fingerprint density at radius 2 is 2.04 bits per heavy atom. The van der Waals surface area contributed by atoms with Crippen LogP contribution in [0.15, 0.2) is 36.5 Å². The first-order valence-electron chi connectivity index (χ1n) is 7.45. The fourth-order valence-corrected chi connectivity index (χ4v) is 3.18. The molecular weight excluding hydrogens is 300 g/mol. The second kappa shape index (κ2) is 5.19. The van der Waals surface area contributed by atoms with Gasteiger partial charge in [0.2, 0.25) is 0 Å². The van der Waals surface area contributed by atoms with Crippen molar-refractivity contribution >= 4 is 17.3 Å². The lowest BCUT2D eigenvalue weighted by Gasteiger charge is -2.26. The summed E-state index contributed by atoms with van der Waals surface area (Å²) in [5.41, 5.74) is 6.67. The van der Waals surface area contributed by atoms with Gasteiger partial charge in [0.15, 0.2) is 5.65 Å². The zero-order valence-electron chi connectivity index (χ0n) is 12.3. The maximum atomic E-state index is 14.1. The molecule has 23 heavy (non-hydrogen) atoms. The van der Waals surface area contributed by atoms with Crippen LogP contribution in [0.3, 0.4) is 0 Å². The second-order valence-electron chi connectivity index (χ2n) is 5.67. The SMILES string of the molecule is Nc1cc2nc(N3CCCC3c3cc(F)ccc3F)ccn2n1. The molecule has 0 radical (unpaired) electrons. The summed E-state index contributed by atoms with van der Waals surface area (Å²) in [4.78, 5) is 6.54. The number of rotatable bonds is 2. The van der Waals surface area contributed by atoms with Crippen molar-refractivity contribution < 1.29 is 8.78 Å². The van der Waals surface area contributed by atoms with E-state index in [9.17, 15) is 8.78 Å². The first-order chi connectivity index (χ1) is 11.1. The monoisotopic (exact) mass is 315 g/mol. The molecule has 4 rings (SSSR count). The molecule has 0 bridgehead atoms. The Labute approximate surface area is 131 Å². The van der Waals surface area contributed by atoms with Gasteiger partial charge in [-0.2, -0.15) is 0 Å². The van der Waals surface area contributed by atoms with Crippen molar-refractivity contribution in [2.45, 2.75) is 18.9 Å². The molecule has 1 unspecified atom stereocenters. The number of fused-ring (bicyclic) bond motifs is 1. The summed E-state index contributed by atoms with van der Waals surface area (Å²) in [6.07, 6.45) is 3.43. The summed E-state index contributed by atoms with van der Waals surface area (Å²) in [5, 5.41) is 4.09. The highest BCUT2D eigenvalue weighted by molar-refractivity contribution is 5.54. The molecule has 1 fully saturated rings. The fourth-order valence-electron chi connectivity index (χ4n) is 3.18. The molecule has 0 amide bonds. The van der Waals surface area contributed by atoms with E-state index in [2.05, 4.69) is 10.1 Å². The lowest BCUT2D eigenvalue weighted by molar-refractivity contribution is 0.560. The van der Waals surface area contributed by atoms with Crippen LogP contribution in [0.2, 0.25) is 0 Å². The zero-order chi connectivity index (χ0) is 16.0. The van der Waals surface area contributed by atoms with Crippen LogP contribution in [0, 0.1) is 11.6 Å². The van der Waals surface area contributed by atoms with E-state index in [1.807, 2.05) is 11.0 Å². The molecule has 118 valence electrons. The van der Waals surface area contributed by atoms with Gasteiger partial charge in [-0.1, -0.05) is 0 Å². The van der Waals surface area contributed by atoms with E-state index in [1.54, 1.807) is 16.8 Å². The largest absolute Gasteiger partial charge is 0.382 e. The van der Waals surface area contributed by atoms with Gasteiger partial charge in [0.25, 0.3) is 0 Å². The first-order valence-corrected chi connectivity index (χ1v) is 7.45. The molecule has 1 aliphatic rings. The maximum absolute atomic E-state index is 14.1. The number of hydrogen-bond donors (Lipinski definition) is 1. The van der Waals surface area contributed by atoms with Crippen molar-refractivity contribution in [2.24, 2.45) is 0 Å². The van der Waals surface area contributed by atoms with Gasteiger partial charge in [-0.15, -0.1) is 5.10 Å². The van der Waals surface area contributed by atoms with Gasteiger partial charge in [-0.3, -0.25) is 0 Å². The quantitative estimate of drug-likeness (QED) is 0.790. The third kappa shape index (κ3) is 2.38. The minimum Gasteiger partial charge on any atom is -0.382 e. The highest BCUT2D eigenvalue weighted by Gasteiger charge is 2.29. The second-order valence-corrected chi connectivity index (χ2v) is 5.67. The number of benzene rings is 1. The molecule has 2 N–H and O–H groups in total. The third-order valence-electron chi connectivity index (χ3n) is 4.19. The van der Waals surface area contributed by atoms with Gasteiger partial charge in [0.1, 0.15) is 23.3 Å². The number of aromatic nitrogens is 3. The lowest BCUT2D eigenvalue weighted by Crippen LogP contribution is -2.24. The van der Waals surface area contributed by atoms with Crippen LogP contribution < -0.4 is 10.6 Å². The Bertz CT molecular complexity index is 876. The summed E-state index contributed by atoms with van der Waals surface area (Å²) in [6.45, 7) is 0.743. The van der Waals surface area contributed by atoms with Gasteiger partial charge in [-0.25, -0.2) is 18.3 Å². The molecule has 0 aliphatic carbocycles. The predicted molar refractivity (Wildman–Crippen MR) is 83.1 cm³/mol. The smallest absolute Gasteiger partial charge is 0.159 e. The van der Waals surface area contributed by atoms with Gasteiger partial charge in [0, 0.05) is 24.4 Å². The van der Waals surface area contributed by atoms with E-state index in [0.717, 1.165) is 25.5 Å². The minimum atomic E-state index is -0.430. The number of hydrogen-bond acceptors (Lipinski definition) is 4. The standard InChI is InChI=1S/C16H15F2N5/c17-10-3-4-12(18)11(8-10)13-2-1-6-22(13)15-5-7-23-16(20-15)9-14(19)21-23/h3-5,7-9,13H,1-2,6H2,(H2,19,21). The number of nitrogen functional groups attached to an aromatic ring is 1. The fraction of sp³-hybridized carbons (Fsp3) is 0.250. The van der Waals surface area contributed by atoms with Gasteiger partial charge >= 0.3 is 0 Å². The van der Waals surface area contributed by atoms with Crippen molar-refractivity contribution in [1.82, 2.24) is 14.6 Å². The molecule has 3 heterocycles. The summed E-state index contributed by atoms with van der Waals surface area (Å²) >= 11 is 0. The van der Waals surface area contributed by atoms with Crippen LogP contribution in [0.1, 0.15) is 24.4 Å². The van der Waals surface area contributed by atoms with E-state index in [1.165, 1.54) is 12.1 Å².